The van der Waals surface area contributed by atoms with E-state index in [1.165, 1.54) is 38.5 Å². The molecule has 3 aliphatic carbocycles. The summed E-state index contributed by atoms with van der Waals surface area (Å²) in [7, 11) is 0. The Balaban J connectivity index is 1.43. The normalized spacial score (nSPS) is 29.8. The fraction of sp³-hybridized carbons (Fsp3) is 0.900. The van der Waals surface area contributed by atoms with E-state index in [0.29, 0.717) is 0 Å². The van der Waals surface area contributed by atoms with Crippen LogP contribution in [0.15, 0.2) is 0 Å². The van der Waals surface area contributed by atoms with Crippen LogP contribution < -0.4 is 10.6 Å². The van der Waals surface area contributed by atoms with Gasteiger partial charge in [-0.3, -0.25) is 9.59 Å². The second kappa shape index (κ2) is 8.87. The number of nitrogens with one attached hydrogen (secondary N) is 2. The Kier molecular flexibility index (Phi) is 6.56. The van der Waals surface area contributed by atoms with Crippen LogP contribution in [-0.2, 0) is 9.59 Å². The third-order valence-corrected chi connectivity index (χ3v) is 6.32. The molecule has 3 rings (SSSR count). The molecular formula is C20H34N2O2. The zero-order valence-electron chi connectivity index (χ0n) is 15.0. The van der Waals surface area contributed by atoms with Gasteiger partial charge in [-0.25, -0.2) is 0 Å². The van der Waals surface area contributed by atoms with Crippen LogP contribution in [0.5, 0.6) is 0 Å². The summed E-state index contributed by atoms with van der Waals surface area (Å²) < 4.78 is 0. The Morgan fingerprint density at radius 3 is 1.38 bits per heavy atom. The van der Waals surface area contributed by atoms with Crippen molar-refractivity contribution in [3.8, 4) is 0 Å². The van der Waals surface area contributed by atoms with E-state index >= 15 is 0 Å². The van der Waals surface area contributed by atoms with Crippen molar-refractivity contribution in [2.45, 2.75) is 102 Å². The van der Waals surface area contributed by atoms with E-state index in [1.54, 1.807) is 0 Å². The van der Waals surface area contributed by atoms with Crippen molar-refractivity contribution in [2.75, 3.05) is 0 Å². The van der Waals surface area contributed by atoms with Crippen molar-refractivity contribution in [1.29, 1.82) is 0 Å². The van der Waals surface area contributed by atoms with Crippen molar-refractivity contribution in [1.82, 2.24) is 10.6 Å². The highest BCUT2D eigenvalue weighted by atomic mass is 16.2. The lowest BCUT2D eigenvalue weighted by molar-refractivity contribution is -0.127. The Labute approximate surface area is 146 Å². The molecule has 0 bridgehead atoms. The molecule has 3 saturated carbocycles. The van der Waals surface area contributed by atoms with E-state index in [9.17, 15) is 9.59 Å². The van der Waals surface area contributed by atoms with Gasteiger partial charge in [0.25, 0.3) is 0 Å². The topological polar surface area (TPSA) is 58.2 Å². The molecule has 0 aromatic carbocycles. The van der Waals surface area contributed by atoms with Gasteiger partial charge >= 0.3 is 0 Å². The van der Waals surface area contributed by atoms with Gasteiger partial charge in [0.05, 0.1) is 0 Å². The van der Waals surface area contributed by atoms with E-state index in [-0.39, 0.29) is 35.7 Å². The Hall–Kier alpha value is -1.06. The van der Waals surface area contributed by atoms with Crippen molar-refractivity contribution in [3.63, 3.8) is 0 Å². The van der Waals surface area contributed by atoms with Crippen LogP contribution in [0.4, 0.5) is 0 Å². The summed E-state index contributed by atoms with van der Waals surface area (Å²) in [5.74, 6) is 0.991. The first kappa shape index (κ1) is 17.8. The first-order valence-corrected chi connectivity index (χ1v) is 10.3. The second-order valence-electron chi connectivity index (χ2n) is 8.25. The fourth-order valence-electron chi connectivity index (χ4n) is 4.82. The van der Waals surface area contributed by atoms with Gasteiger partial charge in [-0.1, -0.05) is 38.5 Å². The van der Waals surface area contributed by atoms with Gasteiger partial charge in [0, 0.05) is 23.9 Å². The molecule has 0 aromatic rings. The van der Waals surface area contributed by atoms with Gasteiger partial charge in [0.2, 0.25) is 11.8 Å². The van der Waals surface area contributed by atoms with Crippen LogP contribution >= 0.6 is 0 Å². The Morgan fingerprint density at radius 1 is 0.542 bits per heavy atom. The lowest BCUT2D eigenvalue weighted by atomic mass is 9.86. The van der Waals surface area contributed by atoms with Crippen LogP contribution in [0.2, 0.25) is 0 Å². The predicted molar refractivity (Wildman–Crippen MR) is 95.5 cm³/mol. The average Bonchev–Trinajstić information content (AvgIpc) is 2.63. The minimum absolute atomic E-state index is 0.232. The average molecular weight is 335 g/mol. The minimum atomic E-state index is 0.232. The monoisotopic (exact) mass is 334 g/mol. The molecule has 0 spiro atoms. The summed E-state index contributed by atoms with van der Waals surface area (Å²) >= 11 is 0. The molecule has 2 atom stereocenters. The highest BCUT2D eigenvalue weighted by Gasteiger charge is 2.29. The molecule has 0 aromatic heterocycles. The Bertz CT molecular complexity index is 387. The Morgan fingerprint density at radius 2 is 0.958 bits per heavy atom. The maximum atomic E-state index is 12.4. The SMILES string of the molecule is O=C(NC1CCCC(NC(=O)C2CCCCC2)C1)C1CCCCC1. The zero-order valence-corrected chi connectivity index (χ0v) is 15.0. The number of carbonyl (C=O) groups excluding carboxylic acids is 2. The van der Waals surface area contributed by atoms with Crippen molar-refractivity contribution in [2.24, 2.45) is 11.8 Å². The van der Waals surface area contributed by atoms with Crippen LogP contribution in [0.1, 0.15) is 89.9 Å². The molecule has 24 heavy (non-hydrogen) atoms. The molecule has 4 heteroatoms. The van der Waals surface area contributed by atoms with E-state index in [0.717, 1.165) is 51.4 Å². The quantitative estimate of drug-likeness (QED) is 0.824. The number of hydrogen-bond acceptors (Lipinski definition) is 2. The van der Waals surface area contributed by atoms with Crippen LogP contribution in [0, 0.1) is 11.8 Å². The van der Waals surface area contributed by atoms with E-state index in [4.69, 9.17) is 0 Å². The molecule has 136 valence electrons. The van der Waals surface area contributed by atoms with Gasteiger partial charge in [-0.2, -0.15) is 0 Å². The van der Waals surface area contributed by atoms with Crippen molar-refractivity contribution < 1.29 is 9.59 Å². The zero-order chi connectivity index (χ0) is 16.8. The maximum absolute atomic E-state index is 12.4. The third kappa shape index (κ3) is 4.97. The van der Waals surface area contributed by atoms with Gasteiger partial charge < -0.3 is 10.6 Å². The maximum Gasteiger partial charge on any atom is 0.223 e. The summed E-state index contributed by atoms with van der Waals surface area (Å²) in [6.07, 6.45) is 15.7. The fourth-order valence-corrected chi connectivity index (χ4v) is 4.82. The first-order chi connectivity index (χ1) is 11.7. The van der Waals surface area contributed by atoms with E-state index < -0.39 is 0 Å². The largest absolute Gasteiger partial charge is 0.353 e. The number of amides is 2. The molecule has 3 aliphatic rings. The first-order valence-electron chi connectivity index (χ1n) is 10.3. The standard InChI is InChI=1S/C20H34N2O2/c23-19(15-8-3-1-4-9-15)21-17-12-7-13-18(14-17)22-20(24)16-10-5-2-6-11-16/h15-18H,1-14H2,(H,21,23)(H,22,24). The summed E-state index contributed by atoms with van der Waals surface area (Å²) in [6.45, 7) is 0. The van der Waals surface area contributed by atoms with E-state index in [1.807, 2.05) is 0 Å². The third-order valence-electron chi connectivity index (χ3n) is 6.32. The van der Waals surface area contributed by atoms with Crippen LogP contribution in [0.3, 0.4) is 0 Å². The molecule has 0 saturated heterocycles. The number of carbonyl (C=O) groups is 2. The summed E-state index contributed by atoms with van der Waals surface area (Å²) in [6, 6.07) is 0.509. The molecule has 0 heterocycles. The number of rotatable bonds is 4. The van der Waals surface area contributed by atoms with Crippen molar-refractivity contribution >= 4 is 11.8 Å². The molecule has 0 radical (unpaired) electrons. The van der Waals surface area contributed by atoms with Gasteiger partial charge in [-0.15, -0.1) is 0 Å². The summed E-state index contributed by atoms with van der Waals surface area (Å²) in [5, 5.41) is 6.56. The number of hydrogen-bond donors (Lipinski definition) is 2. The molecule has 4 nitrogen and oxygen atoms in total. The lowest BCUT2D eigenvalue weighted by Crippen LogP contribution is -2.48. The minimum Gasteiger partial charge on any atom is -0.353 e. The molecule has 2 unspecified atom stereocenters. The molecule has 2 amide bonds. The molecule has 2 N–H and O–H groups in total. The molecule has 3 fully saturated rings. The summed E-state index contributed by atoms with van der Waals surface area (Å²) in [5.41, 5.74) is 0. The van der Waals surface area contributed by atoms with Gasteiger partial charge in [0.1, 0.15) is 0 Å². The summed E-state index contributed by atoms with van der Waals surface area (Å²) in [4.78, 5) is 24.9. The van der Waals surface area contributed by atoms with E-state index in [2.05, 4.69) is 10.6 Å². The highest BCUT2D eigenvalue weighted by Crippen LogP contribution is 2.27. The smallest absolute Gasteiger partial charge is 0.223 e. The lowest BCUT2D eigenvalue weighted by Gasteiger charge is -2.33. The highest BCUT2D eigenvalue weighted by molar-refractivity contribution is 5.79. The predicted octanol–water partition coefficient (Wildman–Crippen LogP) is 3.69. The van der Waals surface area contributed by atoms with Gasteiger partial charge in [0.15, 0.2) is 0 Å². The van der Waals surface area contributed by atoms with Crippen LogP contribution in [-0.4, -0.2) is 23.9 Å². The molecular weight excluding hydrogens is 300 g/mol. The van der Waals surface area contributed by atoms with Gasteiger partial charge in [-0.05, 0) is 51.4 Å². The second-order valence-corrected chi connectivity index (χ2v) is 8.25. The molecule has 0 aliphatic heterocycles. The van der Waals surface area contributed by atoms with Crippen LogP contribution in [0.25, 0.3) is 0 Å². The van der Waals surface area contributed by atoms with Crippen molar-refractivity contribution in [3.05, 3.63) is 0 Å².